The van der Waals surface area contributed by atoms with E-state index in [0.717, 1.165) is 15.6 Å². The van der Waals surface area contributed by atoms with Crippen LogP contribution in [0.2, 0.25) is 0 Å². The van der Waals surface area contributed by atoms with Crippen LogP contribution >= 0.6 is 11.3 Å². The highest BCUT2D eigenvalue weighted by atomic mass is 32.2. The van der Waals surface area contributed by atoms with Crippen molar-refractivity contribution in [2.24, 2.45) is 0 Å². The molecule has 11 heteroatoms. The first kappa shape index (κ1) is 21.3. The van der Waals surface area contributed by atoms with Crippen LogP contribution in [0.1, 0.15) is 10.4 Å². The van der Waals surface area contributed by atoms with E-state index >= 15 is 0 Å². The Morgan fingerprint density at radius 1 is 1.17 bits per heavy atom. The van der Waals surface area contributed by atoms with Crippen molar-refractivity contribution in [3.8, 4) is 5.75 Å². The van der Waals surface area contributed by atoms with Crippen LogP contribution in [0.5, 0.6) is 5.75 Å². The van der Waals surface area contributed by atoms with Crippen molar-refractivity contribution in [3.05, 3.63) is 75.7 Å². The van der Waals surface area contributed by atoms with Gasteiger partial charge >= 0.3 is 0 Å². The zero-order valence-corrected chi connectivity index (χ0v) is 17.6. The van der Waals surface area contributed by atoms with Crippen LogP contribution in [0.4, 0.5) is 17.1 Å². The number of nitro groups is 1. The number of nitro benzene ring substituents is 1. The van der Waals surface area contributed by atoms with E-state index < -0.39 is 20.9 Å². The third kappa shape index (κ3) is 4.26. The Labute approximate surface area is 176 Å². The fourth-order valence-electron chi connectivity index (χ4n) is 2.61. The Morgan fingerprint density at radius 3 is 2.43 bits per heavy atom. The third-order valence-corrected chi connectivity index (χ3v) is 7.40. The van der Waals surface area contributed by atoms with E-state index in [0.29, 0.717) is 5.69 Å². The number of nitrogens with zero attached hydrogens (tertiary/aromatic N) is 2. The molecule has 0 saturated heterocycles. The largest absolute Gasteiger partial charge is 0.495 e. The van der Waals surface area contributed by atoms with Gasteiger partial charge in [0.05, 0.1) is 23.4 Å². The van der Waals surface area contributed by atoms with Crippen LogP contribution in [0.15, 0.2) is 64.2 Å². The van der Waals surface area contributed by atoms with Gasteiger partial charge in [-0.1, -0.05) is 6.07 Å². The maximum Gasteiger partial charge on any atom is 0.273 e. The molecular weight excluding hydrogens is 430 g/mol. The summed E-state index contributed by atoms with van der Waals surface area (Å²) < 4.78 is 31.7. The van der Waals surface area contributed by atoms with Crippen molar-refractivity contribution in [1.29, 1.82) is 0 Å². The third-order valence-electron chi connectivity index (χ3n) is 4.25. The zero-order valence-electron chi connectivity index (χ0n) is 15.9. The van der Waals surface area contributed by atoms with Gasteiger partial charge in [-0.3, -0.25) is 19.2 Å². The Bertz CT molecular complexity index is 1180. The Morgan fingerprint density at radius 2 is 1.87 bits per heavy atom. The minimum atomic E-state index is -3.68. The van der Waals surface area contributed by atoms with Crippen LogP contribution in [0, 0.1) is 10.1 Å². The molecule has 2 aromatic carbocycles. The van der Waals surface area contributed by atoms with E-state index in [-0.39, 0.29) is 26.9 Å². The summed E-state index contributed by atoms with van der Waals surface area (Å²) in [5, 5.41) is 15.2. The summed E-state index contributed by atoms with van der Waals surface area (Å²) in [6.45, 7) is 0. The lowest BCUT2D eigenvalue weighted by molar-refractivity contribution is -0.384. The van der Waals surface area contributed by atoms with Crippen molar-refractivity contribution >= 4 is 44.3 Å². The van der Waals surface area contributed by atoms with Crippen molar-refractivity contribution < 1.29 is 22.9 Å². The SMILES string of the molecule is COc1ccc([N+](=O)[O-])cc1NC(=O)c1ccc(N(C)S(=O)(=O)c2cccs2)cc1. The number of non-ortho nitro benzene ring substituents is 1. The number of carbonyl (C=O) groups excluding carboxylic acids is 1. The molecule has 0 aliphatic carbocycles. The molecule has 30 heavy (non-hydrogen) atoms. The molecule has 9 nitrogen and oxygen atoms in total. The van der Waals surface area contributed by atoms with Gasteiger partial charge in [-0.2, -0.15) is 0 Å². The fraction of sp³-hybridized carbons (Fsp3) is 0.105. The summed E-state index contributed by atoms with van der Waals surface area (Å²) in [6, 6.07) is 13.0. The molecule has 0 unspecified atom stereocenters. The Kier molecular flexibility index (Phi) is 6.04. The molecule has 0 atom stereocenters. The molecule has 1 heterocycles. The highest BCUT2D eigenvalue weighted by molar-refractivity contribution is 7.94. The first-order valence-corrected chi connectivity index (χ1v) is 10.8. The number of anilines is 2. The lowest BCUT2D eigenvalue weighted by atomic mass is 10.2. The molecule has 3 rings (SSSR count). The quantitative estimate of drug-likeness (QED) is 0.435. The van der Waals surface area contributed by atoms with Gasteiger partial charge in [-0.05, 0) is 41.8 Å². The number of benzene rings is 2. The number of hydrogen-bond donors (Lipinski definition) is 1. The molecule has 1 aromatic heterocycles. The van der Waals surface area contributed by atoms with E-state index in [1.807, 2.05) is 0 Å². The molecule has 0 aliphatic rings. The summed E-state index contributed by atoms with van der Waals surface area (Å²) >= 11 is 1.12. The number of carbonyl (C=O) groups is 1. The maximum atomic E-state index is 12.6. The first-order valence-electron chi connectivity index (χ1n) is 8.50. The molecular formula is C19H17N3O6S2. The molecule has 1 N–H and O–H groups in total. The highest BCUT2D eigenvalue weighted by Gasteiger charge is 2.22. The lowest BCUT2D eigenvalue weighted by Crippen LogP contribution is -2.25. The van der Waals surface area contributed by atoms with E-state index in [4.69, 9.17) is 4.74 Å². The minimum Gasteiger partial charge on any atom is -0.495 e. The van der Waals surface area contributed by atoms with Gasteiger partial charge in [-0.25, -0.2) is 8.42 Å². The van der Waals surface area contributed by atoms with E-state index in [1.165, 1.54) is 62.7 Å². The second-order valence-corrected chi connectivity index (χ2v) is 9.19. The zero-order chi connectivity index (χ0) is 21.9. The maximum absolute atomic E-state index is 12.6. The number of sulfonamides is 1. The van der Waals surface area contributed by atoms with Crippen LogP contribution in [-0.2, 0) is 10.0 Å². The average Bonchev–Trinajstić information content (AvgIpc) is 3.29. The monoisotopic (exact) mass is 447 g/mol. The molecule has 0 radical (unpaired) electrons. The molecule has 1 amide bonds. The summed E-state index contributed by atoms with van der Waals surface area (Å²) in [7, 11) is -0.868. The van der Waals surface area contributed by atoms with Crippen LogP contribution < -0.4 is 14.4 Å². The van der Waals surface area contributed by atoms with Gasteiger partial charge in [-0.15, -0.1) is 11.3 Å². The molecule has 0 spiro atoms. The number of hydrogen-bond acceptors (Lipinski definition) is 7. The van der Waals surface area contributed by atoms with Gasteiger partial charge in [0.1, 0.15) is 9.96 Å². The van der Waals surface area contributed by atoms with Gasteiger partial charge in [0, 0.05) is 24.7 Å². The van der Waals surface area contributed by atoms with Crippen LogP contribution in [-0.4, -0.2) is 33.4 Å². The number of rotatable bonds is 7. The topological polar surface area (TPSA) is 119 Å². The highest BCUT2D eigenvalue weighted by Crippen LogP contribution is 2.30. The summed E-state index contributed by atoms with van der Waals surface area (Å²) in [5.41, 5.74) is 0.585. The Balaban J connectivity index is 1.81. The predicted octanol–water partition coefficient (Wildman–Crippen LogP) is 3.74. The molecule has 0 fully saturated rings. The number of thiophene rings is 1. The van der Waals surface area contributed by atoms with Gasteiger partial charge in [0.25, 0.3) is 21.6 Å². The molecule has 156 valence electrons. The lowest BCUT2D eigenvalue weighted by Gasteiger charge is -2.18. The van der Waals surface area contributed by atoms with Crippen molar-refractivity contribution in [2.75, 3.05) is 23.8 Å². The standard InChI is InChI=1S/C19H17N3O6S2/c1-21(30(26,27)18-4-3-11-29-18)14-7-5-13(6-8-14)19(23)20-16-12-15(22(24)25)9-10-17(16)28-2/h3-12H,1-2H3,(H,20,23). The molecule has 3 aromatic rings. The van der Waals surface area contributed by atoms with Crippen molar-refractivity contribution in [3.63, 3.8) is 0 Å². The smallest absolute Gasteiger partial charge is 0.273 e. The molecule has 0 bridgehead atoms. The second kappa shape index (κ2) is 8.51. The molecule has 0 aliphatic heterocycles. The number of nitrogens with one attached hydrogen (secondary N) is 1. The van der Waals surface area contributed by atoms with E-state index in [9.17, 15) is 23.3 Å². The van der Waals surface area contributed by atoms with Gasteiger partial charge in [0.15, 0.2) is 0 Å². The summed E-state index contributed by atoms with van der Waals surface area (Å²) in [5.74, 6) is -0.253. The predicted molar refractivity (Wildman–Crippen MR) is 114 cm³/mol. The normalized spacial score (nSPS) is 11.0. The second-order valence-electron chi connectivity index (χ2n) is 6.05. The Hall–Kier alpha value is -3.44. The van der Waals surface area contributed by atoms with Crippen molar-refractivity contribution in [1.82, 2.24) is 0 Å². The van der Waals surface area contributed by atoms with E-state index in [1.54, 1.807) is 11.4 Å². The number of ether oxygens (including phenoxy) is 1. The summed E-state index contributed by atoms with van der Waals surface area (Å²) in [6.07, 6.45) is 0. The molecule has 0 saturated carbocycles. The average molecular weight is 447 g/mol. The van der Waals surface area contributed by atoms with Gasteiger partial charge < -0.3 is 10.1 Å². The van der Waals surface area contributed by atoms with Crippen LogP contribution in [0.25, 0.3) is 0 Å². The summed E-state index contributed by atoms with van der Waals surface area (Å²) in [4.78, 5) is 23.0. The minimum absolute atomic E-state index is 0.151. The fourth-order valence-corrected chi connectivity index (χ4v) is 4.97. The number of amides is 1. The van der Waals surface area contributed by atoms with E-state index in [2.05, 4.69) is 5.32 Å². The van der Waals surface area contributed by atoms with Gasteiger partial charge in [0.2, 0.25) is 0 Å². The number of methoxy groups -OCH3 is 1. The van der Waals surface area contributed by atoms with Crippen LogP contribution in [0.3, 0.4) is 0 Å². The van der Waals surface area contributed by atoms with Crippen molar-refractivity contribution in [2.45, 2.75) is 4.21 Å². The first-order chi connectivity index (χ1) is 14.2.